The van der Waals surface area contributed by atoms with Gasteiger partial charge in [0.05, 0.1) is 16.3 Å². The van der Waals surface area contributed by atoms with Crippen molar-refractivity contribution in [1.29, 1.82) is 0 Å². The van der Waals surface area contributed by atoms with Gasteiger partial charge in [-0.2, -0.15) is 0 Å². The van der Waals surface area contributed by atoms with Gasteiger partial charge >= 0.3 is 0 Å². The first-order valence-corrected chi connectivity index (χ1v) is 9.77. The van der Waals surface area contributed by atoms with Crippen molar-refractivity contribution in [3.63, 3.8) is 0 Å². The summed E-state index contributed by atoms with van der Waals surface area (Å²) in [6, 6.07) is 0.295. The van der Waals surface area contributed by atoms with Crippen LogP contribution in [0.1, 0.15) is 49.7 Å². The minimum atomic E-state index is -3.45. The third-order valence-corrected chi connectivity index (χ3v) is 7.04. The maximum Gasteiger partial charge on any atom is 0.183 e. The van der Waals surface area contributed by atoms with E-state index in [1.165, 1.54) is 11.3 Å². The van der Waals surface area contributed by atoms with Crippen molar-refractivity contribution >= 4 is 37.6 Å². The van der Waals surface area contributed by atoms with E-state index in [9.17, 15) is 13.2 Å². The van der Waals surface area contributed by atoms with E-state index in [0.717, 1.165) is 12.8 Å². The van der Waals surface area contributed by atoms with E-state index in [1.807, 2.05) is 0 Å². The highest BCUT2D eigenvalue weighted by Gasteiger charge is 2.38. The molecular weight excluding hydrogens is 308 g/mol. The topological polar surface area (TPSA) is 89.3 Å². The van der Waals surface area contributed by atoms with E-state index in [2.05, 4.69) is 12.2 Å². The SMILES string of the molecule is CCC(=O)c1sc(NC2CC2CC)c(S(=O)(=O)CC)c1N. The molecule has 0 spiro atoms. The van der Waals surface area contributed by atoms with Crippen molar-refractivity contribution in [3.8, 4) is 0 Å². The lowest BCUT2D eigenvalue weighted by atomic mass is 10.2. The highest BCUT2D eigenvalue weighted by atomic mass is 32.2. The Morgan fingerprint density at radius 3 is 2.52 bits per heavy atom. The molecule has 2 unspecified atom stereocenters. The standard InChI is InChI=1S/C14H22N2O3S2/c1-4-8-7-9(8)16-14-13(21(18,19)6-3)11(15)12(20-14)10(17)5-2/h8-9,16H,4-7,15H2,1-3H3. The van der Waals surface area contributed by atoms with Crippen LogP contribution < -0.4 is 11.1 Å². The molecule has 0 radical (unpaired) electrons. The molecule has 1 aliphatic carbocycles. The summed E-state index contributed by atoms with van der Waals surface area (Å²) in [5.41, 5.74) is 6.09. The van der Waals surface area contributed by atoms with E-state index in [4.69, 9.17) is 5.73 Å². The quantitative estimate of drug-likeness (QED) is 0.750. The molecule has 0 aromatic carbocycles. The summed E-state index contributed by atoms with van der Waals surface area (Å²) in [6.07, 6.45) is 2.42. The molecule has 118 valence electrons. The molecule has 0 bridgehead atoms. The number of sulfone groups is 1. The van der Waals surface area contributed by atoms with Crippen LogP contribution in [-0.2, 0) is 9.84 Å². The van der Waals surface area contributed by atoms with Gasteiger partial charge in [-0.15, -0.1) is 11.3 Å². The largest absolute Gasteiger partial charge is 0.396 e. The van der Waals surface area contributed by atoms with Crippen LogP contribution in [0, 0.1) is 5.92 Å². The van der Waals surface area contributed by atoms with Crippen LogP contribution in [0.4, 0.5) is 10.7 Å². The van der Waals surface area contributed by atoms with Gasteiger partial charge < -0.3 is 11.1 Å². The minimum absolute atomic E-state index is 0.0236. The average Bonchev–Trinajstić information content (AvgIpc) is 3.12. The lowest BCUT2D eigenvalue weighted by molar-refractivity contribution is 0.0992. The Hall–Kier alpha value is -1.08. The van der Waals surface area contributed by atoms with Crippen LogP contribution >= 0.6 is 11.3 Å². The van der Waals surface area contributed by atoms with Crippen LogP contribution in [-0.4, -0.2) is 26.0 Å². The number of hydrogen-bond acceptors (Lipinski definition) is 6. The normalized spacial score (nSPS) is 21.3. The second kappa shape index (κ2) is 5.96. The first-order valence-electron chi connectivity index (χ1n) is 7.30. The first kappa shape index (κ1) is 16.3. The molecule has 0 saturated heterocycles. The maximum atomic E-state index is 12.3. The second-order valence-corrected chi connectivity index (χ2v) is 8.57. The Morgan fingerprint density at radius 1 is 1.38 bits per heavy atom. The van der Waals surface area contributed by atoms with Crippen molar-refractivity contribution in [2.45, 2.75) is 51.0 Å². The monoisotopic (exact) mass is 330 g/mol. The molecule has 0 aliphatic heterocycles. The molecule has 3 N–H and O–H groups in total. The number of carbonyl (C=O) groups excluding carboxylic acids is 1. The number of thiophene rings is 1. The number of nitrogens with one attached hydrogen (secondary N) is 1. The van der Waals surface area contributed by atoms with Gasteiger partial charge in [-0.25, -0.2) is 8.42 Å². The predicted molar refractivity (Wildman–Crippen MR) is 86.9 cm³/mol. The van der Waals surface area contributed by atoms with E-state index >= 15 is 0 Å². The fraction of sp³-hybridized carbons (Fsp3) is 0.643. The molecule has 21 heavy (non-hydrogen) atoms. The zero-order chi connectivity index (χ0) is 15.8. The molecule has 1 fully saturated rings. The van der Waals surface area contributed by atoms with Crippen LogP contribution in [0.2, 0.25) is 0 Å². The summed E-state index contributed by atoms with van der Waals surface area (Å²) in [5.74, 6) is 0.446. The van der Waals surface area contributed by atoms with Crippen molar-refractivity contribution < 1.29 is 13.2 Å². The van der Waals surface area contributed by atoms with Crippen LogP contribution in [0.25, 0.3) is 0 Å². The molecule has 2 atom stereocenters. The zero-order valence-electron chi connectivity index (χ0n) is 12.6. The summed E-state index contributed by atoms with van der Waals surface area (Å²) < 4.78 is 24.6. The van der Waals surface area contributed by atoms with Gasteiger partial charge in [0.25, 0.3) is 0 Å². The first-order chi connectivity index (χ1) is 9.85. The average molecular weight is 330 g/mol. The molecule has 7 heteroatoms. The Morgan fingerprint density at radius 2 is 2.05 bits per heavy atom. The molecule has 2 rings (SSSR count). The van der Waals surface area contributed by atoms with Gasteiger partial charge in [-0.3, -0.25) is 4.79 Å². The zero-order valence-corrected chi connectivity index (χ0v) is 14.2. The van der Waals surface area contributed by atoms with Crippen molar-refractivity contribution in [1.82, 2.24) is 0 Å². The molecule has 1 saturated carbocycles. The third kappa shape index (κ3) is 3.08. The van der Waals surface area contributed by atoms with Crippen molar-refractivity contribution in [3.05, 3.63) is 4.88 Å². The Labute approximate surface area is 129 Å². The minimum Gasteiger partial charge on any atom is -0.396 e. The van der Waals surface area contributed by atoms with E-state index in [0.29, 0.717) is 28.3 Å². The highest BCUT2D eigenvalue weighted by molar-refractivity contribution is 7.92. The van der Waals surface area contributed by atoms with Gasteiger partial charge in [0.15, 0.2) is 15.6 Å². The van der Waals surface area contributed by atoms with Crippen LogP contribution in [0.15, 0.2) is 4.90 Å². The predicted octanol–water partition coefficient (Wildman–Crippen LogP) is 2.93. The van der Waals surface area contributed by atoms with Gasteiger partial charge in [0.2, 0.25) is 0 Å². The Kier molecular flexibility index (Phi) is 4.63. The smallest absolute Gasteiger partial charge is 0.183 e. The number of nitrogens with two attached hydrogens (primary N) is 1. The number of rotatable bonds is 7. The number of Topliss-reactive ketones (excluding diaryl/α,β-unsaturated/α-hetero) is 1. The van der Waals surface area contributed by atoms with Gasteiger partial charge in [-0.1, -0.05) is 27.2 Å². The Bertz CT molecular complexity index is 649. The Balaban J connectivity index is 2.44. The van der Waals surface area contributed by atoms with E-state index in [1.54, 1.807) is 13.8 Å². The second-order valence-electron chi connectivity index (χ2n) is 5.34. The molecule has 1 aromatic rings. The molecule has 5 nitrogen and oxygen atoms in total. The molecule has 1 aromatic heterocycles. The fourth-order valence-electron chi connectivity index (χ4n) is 2.39. The number of carbonyl (C=O) groups is 1. The number of hydrogen-bond donors (Lipinski definition) is 2. The lowest BCUT2D eigenvalue weighted by Gasteiger charge is -2.07. The maximum absolute atomic E-state index is 12.3. The van der Waals surface area contributed by atoms with Crippen molar-refractivity contribution in [2.75, 3.05) is 16.8 Å². The number of anilines is 2. The van der Waals surface area contributed by atoms with Gasteiger partial charge in [0.1, 0.15) is 9.90 Å². The van der Waals surface area contributed by atoms with Gasteiger partial charge in [-0.05, 0) is 12.3 Å². The number of nitrogen functional groups attached to an aromatic ring is 1. The summed E-state index contributed by atoms with van der Waals surface area (Å²) in [6.45, 7) is 5.45. The molecule has 1 aliphatic rings. The summed E-state index contributed by atoms with van der Waals surface area (Å²) in [5, 5.41) is 3.81. The summed E-state index contributed by atoms with van der Waals surface area (Å²) in [7, 11) is -3.45. The number of ketones is 1. The van der Waals surface area contributed by atoms with Gasteiger partial charge in [0, 0.05) is 12.5 Å². The summed E-state index contributed by atoms with van der Waals surface area (Å²) >= 11 is 1.18. The van der Waals surface area contributed by atoms with Crippen LogP contribution in [0.5, 0.6) is 0 Å². The van der Waals surface area contributed by atoms with E-state index < -0.39 is 9.84 Å². The van der Waals surface area contributed by atoms with Crippen molar-refractivity contribution in [2.24, 2.45) is 5.92 Å². The molecule has 1 heterocycles. The summed E-state index contributed by atoms with van der Waals surface area (Å²) in [4.78, 5) is 12.4. The molecule has 0 amide bonds. The van der Waals surface area contributed by atoms with E-state index in [-0.39, 0.29) is 22.1 Å². The fourth-order valence-corrected chi connectivity index (χ4v) is 5.11. The lowest BCUT2D eigenvalue weighted by Crippen LogP contribution is -2.11. The highest BCUT2D eigenvalue weighted by Crippen LogP contribution is 2.44. The van der Waals surface area contributed by atoms with Crippen LogP contribution in [0.3, 0.4) is 0 Å². The third-order valence-electron chi connectivity index (χ3n) is 3.93. The molecular formula is C14H22N2O3S2.